The molecule has 0 bridgehead atoms. The highest BCUT2D eigenvalue weighted by molar-refractivity contribution is 7.13. The van der Waals surface area contributed by atoms with E-state index in [0.29, 0.717) is 5.92 Å². The number of likely N-dealkylation sites (tertiary alicyclic amines) is 1. The number of piperidine rings is 1. The van der Waals surface area contributed by atoms with Crippen molar-refractivity contribution >= 4 is 56.4 Å². The zero-order chi connectivity index (χ0) is 21.9. The van der Waals surface area contributed by atoms with E-state index in [1.165, 1.54) is 0 Å². The summed E-state index contributed by atoms with van der Waals surface area (Å²) in [6.45, 7) is 3.43. The minimum atomic E-state index is 0.0479. The van der Waals surface area contributed by atoms with Crippen LogP contribution in [0.25, 0.3) is 16.8 Å². The SMILES string of the molecule is Cc1nc(/C=C/C(=O)N2CCC(c3cc4ccccc4c(Nc4nccs4)n3)CC2)cs1. The Morgan fingerprint density at radius 1 is 1.19 bits per heavy atom. The van der Waals surface area contributed by atoms with Gasteiger partial charge in [0.15, 0.2) is 5.13 Å². The maximum Gasteiger partial charge on any atom is 0.246 e. The van der Waals surface area contributed by atoms with Crippen molar-refractivity contribution in [1.29, 1.82) is 0 Å². The Morgan fingerprint density at radius 3 is 2.78 bits per heavy atom. The van der Waals surface area contributed by atoms with Gasteiger partial charge in [0, 0.05) is 53.1 Å². The van der Waals surface area contributed by atoms with Gasteiger partial charge in [0.2, 0.25) is 5.91 Å². The molecule has 0 spiro atoms. The summed E-state index contributed by atoms with van der Waals surface area (Å²) in [5.74, 6) is 1.21. The first kappa shape index (κ1) is 20.8. The van der Waals surface area contributed by atoms with Crippen LogP contribution in [0.2, 0.25) is 0 Å². The van der Waals surface area contributed by atoms with Gasteiger partial charge in [0.25, 0.3) is 0 Å². The van der Waals surface area contributed by atoms with Gasteiger partial charge in [-0.15, -0.1) is 22.7 Å². The molecule has 5 rings (SSSR count). The summed E-state index contributed by atoms with van der Waals surface area (Å²) in [5, 5.41) is 11.4. The van der Waals surface area contributed by atoms with Crippen molar-refractivity contribution in [1.82, 2.24) is 19.9 Å². The highest BCUT2D eigenvalue weighted by Gasteiger charge is 2.24. The fourth-order valence-corrected chi connectivity index (χ4v) is 5.13. The molecule has 162 valence electrons. The van der Waals surface area contributed by atoms with E-state index in [0.717, 1.165) is 64.0 Å². The number of aromatic nitrogens is 3. The molecule has 4 heterocycles. The molecule has 1 N–H and O–H groups in total. The van der Waals surface area contributed by atoms with Crippen molar-refractivity contribution in [2.24, 2.45) is 0 Å². The van der Waals surface area contributed by atoms with Crippen molar-refractivity contribution in [2.75, 3.05) is 18.4 Å². The van der Waals surface area contributed by atoms with E-state index in [1.54, 1.807) is 41.0 Å². The first-order valence-corrected chi connectivity index (χ1v) is 12.4. The van der Waals surface area contributed by atoms with Gasteiger partial charge >= 0.3 is 0 Å². The van der Waals surface area contributed by atoms with Crippen molar-refractivity contribution in [3.8, 4) is 0 Å². The van der Waals surface area contributed by atoms with Crippen LogP contribution in [-0.2, 0) is 4.79 Å². The number of thiazole rings is 2. The fourth-order valence-electron chi connectivity index (χ4n) is 4.02. The third kappa shape index (κ3) is 4.56. The summed E-state index contributed by atoms with van der Waals surface area (Å²) in [4.78, 5) is 28.2. The summed E-state index contributed by atoms with van der Waals surface area (Å²) >= 11 is 3.15. The number of carbonyl (C=O) groups is 1. The molecule has 1 aromatic carbocycles. The normalized spacial score (nSPS) is 15.0. The molecule has 0 saturated carbocycles. The molecule has 1 saturated heterocycles. The van der Waals surface area contributed by atoms with Crippen LogP contribution < -0.4 is 5.32 Å². The number of fused-ring (bicyclic) bond motifs is 1. The monoisotopic (exact) mass is 461 g/mol. The second-order valence-electron chi connectivity index (χ2n) is 7.80. The van der Waals surface area contributed by atoms with Gasteiger partial charge in [0.05, 0.1) is 10.7 Å². The zero-order valence-corrected chi connectivity index (χ0v) is 19.3. The molecule has 4 aromatic rings. The molecule has 0 aliphatic carbocycles. The number of nitrogens with one attached hydrogen (secondary N) is 1. The topological polar surface area (TPSA) is 71.0 Å². The van der Waals surface area contributed by atoms with Crippen molar-refractivity contribution in [2.45, 2.75) is 25.7 Å². The summed E-state index contributed by atoms with van der Waals surface area (Å²) in [6.07, 6.45) is 7.03. The standard InChI is InChI=1S/C24H23N5OS2/c1-16-26-19(15-32-16)6-7-22(30)29-11-8-17(9-12-29)21-14-18-4-2-3-5-20(18)23(27-21)28-24-25-10-13-31-24/h2-7,10,13-15,17H,8-9,11-12H2,1H3,(H,25,27,28)/b7-6+. The second kappa shape index (κ2) is 9.18. The number of pyridine rings is 1. The second-order valence-corrected chi connectivity index (χ2v) is 9.76. The Balaban J connectivity index is 1.30. The molecule has 1 fully saturated rings. The lowest BCUT2D eigenvalue weighted by molar-refractivity contribution is -0.126. The van der Waals surface area contributed by atoms with Crippen LogP contribution in [0, 0.1) is 6.92 Å². The number of rotatable bonds is 5. The molecule has 0 atom stereocenters. The minimum Gasteiger partial charge on any atom is -0.339 e. The Kier molecular flexibility index (Phi) is 5.96. The maximum atomic E-state index is 12.6. The first-order valence-electron chi connectivity index (χ1n) is 10.6. The van der Waals surface area contributed by atoms with Gasteiger partial charge in [0.1, 0.15) is 5.82 Å². The van der Waals surface area contributed by atoms with Crippen LogP contribution in [0.5, 0.6) is 0 Å². The molecule has 1 amide bonds. The number of carbonyl (C=O) groups excluding carboxylic acids is 1. The molecule has 6 nitrogen and oxygen atoms in total. The number of nitrogens with zero attached hydrogens (tertiary/aromatic N) is 4. The van der Waals surface area contributed by atoms with Crippen LogP contribution in [0.4, 0.5) is 10.9 Å². The highest BCUT2D eigenvalue weighted by Crippen LogP contribution is 2.33. The predicted molar refractivity (Wildman–Crippen MR) is 132 cm³/mol. The molecule has 0 radical (unpaired) electrons. The van der Waals surface area contributed by atoms with Crippen LogP contribution in [-0.4, -0.2) is 38.8 Å². The molecular weight excluding hydrogens is 438 g/mol. The fraction of sp³-hybridized carbons (Fsp3) is 0.250. The van der Waals surface area contributed by atoms with Crippen molar-refractivity contribution in [3.05, 3.63) is 69.8 Å². The molecular formula is C24H23N5OS2. The van der Waals surface area contributed by atoms with Crippen molar-refractivity contribution < 1.29 is 4.79 Å². The van der Waals surface area contributed by atoms with Crippen LogP contribution in [0.3, 0.4) is 0 Å². The Hall–Kier alpha value is -3.10. The van der Waals surface area contributed by atoms with E-state index in [2.05, 4.69) is 39.6 Å². The van der Waals surface area contributed by atoms with Gasteiger partial charge in [-0.25, -0.2) is 15.0 Å². The number of aryl methyl sites for hydroxylation is 1. The van der Waals surface area contributed by atoms with Crippen molar-refractivity contribution in [3.63, 3.8) is 0 Å². The zero-order valence-electron chi connectivity index (χ0n) is 17.7. The van der Waals surface area contributed by atoms with Crippen LogP contribution in [0.15, 0.2) is 53.4 Å². The van der Waals surface area contributed by atoms with Gasteiger partial charge in [-0.1, -0.05) is 24.3 Å². The molecule has 0 unspecified atom stereocenters. The smallest absolute Gasteiger partial charge is 0.246 e. The predicted octanol–water partition coefficient (Wildman–Crippen LogP) is 5.62. The minimum absolute atomic E-state index is 0.0479. The average molecular weight is 462 g/mol. The summed E-state index contributed by atoms with van der Waals surface area (Å²) in [7, 11) is 0. The lowest BCUT2D eigenvalue weighted by Gasteiger charge is -2.31. The molecule has 8 heteroatoms. The van der Waals surface area contributed by atoms with E-state index in [-0.39, 0.29) is 5.91 Å². The van der Waals surface area contributed by atoms with Crippen LogP contribution in [0.1, 0.15) is 35.2 Å². The number of hydrogen-bond donors (Lipinski definition) is 1. The van der Waals surface area contributed by atoms with E-state index < -0.39 is 0 Å². The van der Waals surface area contributed by atoms with E-state index in [1.807, 2.05) is 28.7 Å². The van der Waals surface area contributed by atoms with Gasteiger partial charge in [-0.3, -0.25) is 4.79 Å². The van der Waals surface area contributed by atoms with E-state index in [9.17, 15) is 4.79 Å². The number of anilines is 2. The lowest BCUT2D eigenvalue weighted by atomic mass is 9.92. The van der Waals surface area contributed by atoms with Gasteiger partial charge < -0.3 is 10.2 Å². The van der Waals surface area contributed by atoms with Gasteiger partial charge in [-0.2, -0.15) is 0 Å². The Morgan fingerprint density at radius 2 is 2.03 bits per heavy atom. The van der Waals surface area contributed by atoms with Gasteiger partial charge in [-0.05, 0) is 37.3 Å². The van der Waals surface area contributed by atoms with E-state index in [4.69, 9.17) is 4.98 Å². The summed E-state index contributed by atoms with van der Waals surface area (Å²) < 4.78 is 0. The number of benzene rings is 1. The Labute approximate surface area is 194 Å². The van der Waals surface area contributed by atoms with E-state index >= 15 is 0 Å². The third-order valence-electron chi connectivity index (χ3n) is 5.68. The number of amides is 1. The summed E-state index contributed by atoms with van der Waals surface area (Å²) in [6, 6.07) is 10.5. The molecule has 1 aliphatic rings. The highest BCUT2D eigenvalue weighted by atomic mass is 32.1. The summed E-state index contributed by atoms with van der Waals surface area (Å²) in [5.41, 5.74) is 1.92. The maximum absolute atomic E-state index is 12.6. The first-order chi connectivity index (χ1) is 15.7. The molecule has 1 aliphatic heterocycles. The molecule has 32 heavy (non-hydrogen) atoms. The Bertz CT molecular complexity index is 1260. The lowest BCUT2D eigenvalue weighted by Crippen LogP contribution is -2.37. The third-order valence-corrected chi connectivity index (χ3v) is 7.16. The number of hydrogen-bond acceptors (Lipinski definition) is 7. The quantitative estimate of drug-likeness (QED) is 0.391. The average Bonchev–Trinajstić information content (AvgIpc) is 3.49. The largest absolute Gasteiger partial charge is 0.339 e. The van der Waals surface area contributed by atoms with Crippen LogP contribution >= 0.6 is 22.7 Å². The molecule has 3 aromatic heterocycles.